The summed E-state index contributed by atoms with van der Waals surface area (Å²) >= 11 is 0. The number of nitrogens with one attached hydrogen (secondary N) is 1. The number of esters is 1. The average molecular weight is 288 g/mol. The van der Waals surface area contributed by atoms with Gasteiger partial charge in [0.2, 0.25) is 0 Å². The molecule has 6 nitrogen and oxygen atoms in total. The van der Waals surface area contributed by atoms with Crippen molar-refractivity contribution in [2.45, 2.75) is 25.4 Å². The molecule has 0 saturated carbocycles. The standard InChI is InChI=1S/C15H16N2O4/c1-20-15(19)9-4-5-11-12(7-9)16-13(17-14(11)18)8-10-3-2-6-21-10/h4-5,7,10H,2-3,6,8H2,1H3,(H,16,17,18). The minimum atomic E-state index is -0.445. The van der Waals surface area contributed by atoms with E-state index < -0.39 is 5.97 Å². The van der Waals surface area contributed by atoms with Crippen LogP contribution in [0.5, 0.6) is 0 Å². The minimum Gasteiger partial charge on any atom is -0.465 e. The van der Waals surface area contributed by atoms with E-state index in [4.69, 9.17) is 4.74 Å². The van der Waals surface area contributed by atoms with Gasteiger partial charge >= 0.3 is 5.97 Å². The number of benzene rings is 1. The van der Waals surface area contributed by atoms with Crippen LogP contribution < -0.4 is 5.56 Å². The Kier molecular flexibility index (Phi) is 3.70. The van der Waals surface area contributed by atoms with E-state index in [0.29, 0.717) is 28.7 Å². The molecule has 1 aromatic carbocycles. The number of fused-ring (bicyclic) bond motifs is 1. The summed E-state index contributed by atoms with van der Waals surface area (Å²) in [6.45, 7) is 0.759. The highest BCUT2D eigenvalue weighted by molar-refractivity contribution is 5.93. The van der Waals surface area contributed by atoms with Gasteiger partial charge in [0, 0.05) is 13.0 Å². The third-order valence-corrected chi connectivity index (χ3v) is 3.62. The molecule has 0 bridgehead atoms. The molecule has 1 N–H and O–H groups in total. The molecule has 0 spiro atoms. The van der Waals surface area contributed by atoms with Gasteiger partial charge in [0.15, 0.2) is 0 Å². The highest BCUT2D eigenvalue weighted by atomic mass is 16.5. The first kappa shape index (κ1) is 13.8. The fraction of sp³-hybridized carbons (Fsp3) is 0.400. The van der Waals surface area contributed by atoms with Crippen LogP contribution in [0.3, 0.4) is 0 Å². The second-order valence-electron chi connectivity index (χ2n) is 5.08. The van der Waals surface area contributed by atoms with E-state index in [-0.39, 0.29) is 11.7 Å². The Hall–Kier alpha value is -2.21. The molecular formula is C15H16N2O4. The monoisotopic (exact) mass is 288 g/mol. The van der Waals surface area contributed by atoms with E-state index in [1.807, 2.05) is 0 Å². The van der Waals surface area contributed by atoms with Crippen LogP contribution in [0.25, 0.3) is 10.9 Å². The number of ether oxygens (including phenoxy) is 2. The van der Waals surface area contributed by atoms with Crippen LogP contribution in [0.2, 0.25) is 0 Å². The second kappa shape index (κ2) is 5.65. The molecule has 2 heterocycles. The van der Waals surface area contributed by atoms with Gasteiger partial charge in [0.1, 0.15) is 5.82 Å². The van der Waals surface area contributed by atoms with Crippen LogP contribution in [0.15, 0.2) is 23.0 Å². The Morgan fingerprint density at radius 2 is 2.38 bits per heavy atom. The molecule has 0 radical (unpaired) electrons. The summed E-state index contributed by atoms with van der Waals surface area (Å²) in [4.78, 5) is 30.8. The number of H-pyrrole nitrogens is 1. The molecule has 1 aliphatic heterocycles. The van der Waals surface area contributed by atoms with Crippen molar-refractivity contribution in [3.63, 3.8) is 0 Å². The second-order valence-corrected chi connectivity index (χ2v) is 5.08. The highest BCUT2D eigenvalue weighted by Gasteiger charge is 2.18. The molecule has 6 heteroatoms. The summed E-state index contributed by atoms with van der Waals surface area (Å²) < 4.78 is 10.2. The summed E-state index contributed by atoms with van der Waals surface area (Å²) in [7, 11) is 1.32. The van der Waals surface area contributed by atoms with Crippen LogP contribution in [0, 0.1) is 0 Å². The fourth-order valence-corrected chi connectivity index (χ4v) is 2.55. The summed E-state index contributed by atoms with van der Waals surface area (Å²) in [5.74, 6) is 0.140. The van der Waals surface area contributed by atoms with Crippen molar-refractivity contribution >= 4 is 16.9 Å². The predicted molar refractivity (Wildman–Crippen MR) is 76.4 cm³/mol. The van der Waals surface area contributed by atoms with E-state index in [9.17, 15) is 9.59 Å². The molecule has 1 fully saturated rings. The lowest BCUT2D eigenvalue weighted by Gasteiger charge is -2.09. The van der Waals surface area contributed by atoms with Crippen LogP contribution in [-0.2, 0) is 15.9 Å². The van der Waals surface area contributed by atoms with Crippen molar-refractivity contribution in [3.05, 3.63) is 39.9 Å². The van der Waals surface area contributed by atoms with Crippen molar-refractivity contribution in [2.24, 2.45) is 0 Å². The Morgan fingerprint density at radius 1 is 1.52 bits per heavy atom. The topological polar surface area (TPSA) is 81.3 Å². The lowest BCUT2D eigenvalue weighted by atomic mass is 10.1. The normalized spacial score (nSPS) is 18.0. The highest BCUT2D eigenvalue weighted by Crippen LogP contribution is 2.17. The van der Waals surface area contributed by atoms with Crippen molar-refractivity contribution in [1.82, 2.24) is 9.97 Å². The number of hydrogen-bond donors (Lipinski definition) is 1. The van der Waals surface area contributed by atoms with Gasteiger partial charge < -0.3 is 14.5 Å². The van der Waals surface area contributed by atoms with Gasteiger partial charge in [0.05, 0.1) is 29.7 Å². The fourth-order valence-electron chi connectivity index (χ4n) is 2.55. The first-order chi connectivity index (χ1) is 10.2. The average Bonchev–Trinajstić information content (AvgIpc) is 2.98. The number of methoxy groups -OCH3 is 1. The maximum atomic E-state index is 12.1. The van der Waals surface area contributed by atoms with Gasteiger partial charge in [-0.2, -0.15) is 0 Å². The van der Waals surface area contributed by atoms with Crippen LogP contribution >= 0.6 is 0 Å². The lowest BCUT2D eigenvalue weighted by molar-refractivity contribution is 0.0601. The zero-order chi connectivity index (χ0) is 14.8. The number of nitrogens with zero attached hydrogens (tertiary/aromatic N) is 1. The van der Waals surface area contributed by atoms with Crippen molar-refractivity contribution < 1.29 is 14.3 Å². The third kappa shape index (κ3) is 2.80. The zero-order valence-corrected chi connectivity index (χ0v) is 11.7. The molecule has 0 amide bonds. The molecule has 2 aromatic rings. The first-order valence-corrected chi connectivity index (χ1v) is 6.90. The van der Waals surface area contributed by atoms with Gasteiger partial charge in [0.25, 0.3) is 5.56 Å². The molecule has 0 aliphatic carbocycles. The number of carbonyl (C=O) groups excluding carboxylic acids is 1. The van der Waals surface area contributed by atoms with E-state index in [2.05, 4.69) is 14.7 Å². The van der Waals surface area contributed by atoms with Crippen LogP contribution in [0.1, 0.15) is 29.0 Å². The van der Waals surface area contributed by atoms with Gasteiger partial charge in [-0.15, -0.1) is 0 Å². The Labute approximate surface area is 121 Å². The van der Waals surface area contributed by atoms with E-state index in [1.54, 1.807) is 18.2 Å². The number of carbonyl (C=O) groups is 1. The summed E-state index contributed by atoms with van der Waals surface area (Å²) in [5, 5.41) is 0.457. The van der Waals surface area contributed by atoms with E-state index >= 15 is 0 Å². The molecule has 3 rings (SSSR count). The minimum absolute atomic E-state index is 0.106. The molecule has 110 valence electrons. The molecule has 1 unspecified atom stereocenters. The number of hydrogen-bond acceptors (Lipinski definition) is 5. The SMILES string of the molecule is COC(=O)c1ccc2c(=O)[nH]c(CC3CCCO3)nc2c1. The number of rotatable bonds is 3. The Morgan fingerprint density at radius 3 is 3.10 bits per heavy atom. The molecule has 1 atom stereocenters. The van der Waals surface area contributed by atoms with E-state index in [0.717, 1.165) is 19.4 Å². The smallest absolute Gasteiger partial charge is 0.337 e. The predicted octanol–water partition coefficient (Wildman–Crippen LogP) is 1.43. The lowest BCUT2D eigenvalue weighted by Crippen LogP contribution is -2.17. The first-order valence-electron chi connectivity index (χ1n) is 6.90. The van der Waals surface area contributed by atoms with Gasteiger partial charge in [-0.25, -0.2) is 9.78 Å². The molecular weight excluding hydrogens is 272 g/mol. The number of aromatic amines is 1. The molecule has 1 saturated heterocycles. The molecule has 1 aromatic heterocycles. The van der Waals surface area contributed by atoms with Gasteiger partial charge in [-0.3, -0.25) is 4.79 Å². The summed E-state index contributed by atoms with van der Waals surface area (Å²) in [6, 6.07) is 4.73. The number of aromatic nitrogens is 2. The largest absolute Gasteiger partial charge is 0.465 e. The van der Waals surface area contributed by atoms with Gasteiger partial charge in [-0.1, -0.05) is 0 Å². The zero-order valence-electron chi connectivity index (χ0n) is 11.7. The molecule has 21 heavy (non-hydrogen) atoms. The maximum absolute atomic E-state index is 12.1. The van der Waals surface area contributed by atoms with Gasteiger partial charge in [-0.05, 0) is 31.0 Å². The maximum Gasteiger partial charge on any atom is 0.337 e. The van der Waals surface area contributed by atoms with Crippen molar-refractivity contribution in [1.29, 1.82) is 0 Å². The summed E-state index contributed by atoms with van der Waals surface area (Å²) in [6.07, 6.45) is 2.70. The van der Waals surface area contributed by atoms with Crippen molar-refractivity contribution in [2.75, 3.05) is 13.7 Å². The summed E-state index contributed by atoms with van der Waals surface area (Å²) in [5.41, 5.74) is 0.672. The van der Waals surface area contributed by atoms with E-state index in [1.165, 1.54) is 7.11 Å². The quantitative estimate of drug-likeness (QED) is 0.864. The molecule has 1 aliphatic rings. The van der Waals surface area contributed by atoms with Crippen LogP contribution in [0.4, 0.5) is 0 Å². The van der Waals surface area contributed by atoms with Crippen LogP contribution in [-0.4, -0.2) is 35.8 Å². The van der Waals surface area contributed by atoms with Crippen molar-refractivity contribution in [3.8, 4) is 0 Å². The third-order valence-electron chi connectivity index (χ3n) is 3.62. The Balaban J connectivity index is 1.99. The Bertz CT molecular complexity index is 732.